The van der Waals surface area contributed by atoms with Crippen LogP contribution in [-0.4, -0.2) is 37.7 Å². The zero-order valence-corrected chi connectivity index (χ0v) is 45.8. The summed E-state index contributed by atoms with van der Waals surface area (Å²) in [6, 6.07) is 4.61. The van der Waals surface area contributed by atoms with E-state index in [1.807, 2.05) is 4.90 Å². The molecule has 0 aromatic heterocycles. The highest BCUT2D eigenvalue weighted by molar-refractivity contribution is 7.85. The van der Waals surface area contributed by atoms with Crippen molar-refractivity contribution >= 4 is 10.1 Å². The summed E-state index contributed by atoms with van der Waals surface area (Å²) in [5.74, 6) is -0.234. The van der Waals surface area contributed by atoms with Gasteiger partial charge in [0.25, 0.3) is 0 Å². The third-order valence-electron chi connectivity index (χ3n) is 14.3. The molecule has 0 bridgehead atoms. The summed E-state index contributed by atoms with van der Waals surface area (Å²) in [5, 5.41) is 8.77. The molecular formula is C60H117NO4S. The van der Waals surface area contributed by atoms with Crippen molar-refractivity contribution in [2.75, 3.05) is 19.6 Å². The number of hydrogen-bond acceptors (Lipinski definition) is 4. The molecule has 0 aliphatic heterocycles. The number of quaternary nitrogens is 1. The van der Waals surface area contributed by atoms with Gasteiger partial charge in [-0.1, -0.05) is 297 Å². The lowest BCUT2D eigenvalue weighted by molar-refractivity contribution is -0.900. The average molecular weight is 949 g/mol. The van der Waals surface area contributed by atoms with E-state index in [-0.39, 0.29) is 5.75 Å². The minimum Gasteiger partial charge on any atom is -0.744 e. The molecule has 5 nitrogen and oxygen atoms in total. The summed E-state index contributed by atoms with van der Waals surface area (Å²) < 4.78 is 31.0. The molecule has 0 radical (unpaired) electrons. The van der Waals surface area contributed by atoms with Crippen LogP contribution in [0, 0.1) is 0 Å². The quantitative estimate of drug-likeness (QED) is 0.0504. The average Bonchev–Trinajstić information content (AvgIpc) is 3.30. The number of phenolic OH excluding ortho intramolecular Hbond substituents is 1. The molecule has 1 rings (SSSR count). The van der Waals surface area contributed by atoms with Gasteiger partial charge >= 0.3 is 0 Å². The molecule has 1 aromatic carbocycles. The first-order valence-corrected chi connectivity index (χ1v) is 31.3. The van der Waals surface area contributed by atoms with E-state index in [1.54, 1.807) is 0 Å². The molecule has 2 N–H and O–H groups in total. The molecule has 0 amide bonds. The molecule has 0 saturated heterocycles. The highest BCUT2D eigenvalue weighted by Gasteiger charge is 2.09. The lowest BCUT2D eigenvalue weighted by Crippen LogP contribution is -3.12. The molecule has 66 heavy (non-hydrogen) atoms. The molecule has 0 spiro atoms. The standard InChI is InChI=1S/C54H111N.C6H6O4S/c1-4-7-10-13-16-19-22-25-28-31-34-37-40-43-46-49-52-55(53-50-47-44-41-38-35-32-29-26-23-20-17-14-11-8-5-2)54-51-48-45-42-39-36-33-30-27-24-21-18-15-12-9-6-3;7-5-2-1-3-6(4-5)11(8,9)10/h4-54H2,1-3H3;1-4,7H,(H,8,9,10). The molecule has 0 aliphatic rings. The lowest BCUT2D eigenvalue weighted by Gasteiger charge is -2.20. The summed E-state index contributed by atoms with van der Waals surface area (Å²) in [6.07, 6.45) is 70.9. The molecule has 0 heterocycles. The van der Waals surface area contributed by atoms with E-state index in [2.05, 4.69) is 20.8 Å². The number of rotatable bonds is 52. The summed E-state index contributed by atoms with van der Waals surface area (Å²) in [6.45, 7) is 11.3. The van der Waals surface area contributed by atoms with E-state index in [1.165, 1.54) is 340 Å². The molecule has 6 heteroatoms. The number of phenols is 1. The van der Waals surface area contributed by atoms with E-state index in [4.69, 9.17) is 5.11 Å². The molecule has 0 saturated carbocycles. The molecule has 0 atom stereocenters. The van der Waals surface area contributed by atoms with Crippen molar-refractivity contribution in [3.8, 4) is 5.75 Å². The van der Waals surface area contributed by atoms with Crippen LogP contribution in [0.15, 0.2) is 29.2 Å². The summed E-state index contributed by atoms with van der Waals surface area (Å²) in [5.41, 5.74) is 0. The predicted octanol–water partition coefficient (Wildman–Crippen LogP) is 19.0. The van der Waals surface area contributed by atoms with Crippen LogP contribution < -0.4 is 4.90 Å². The van der Waals surface area contributed by atoms with Gasteiger partial charge in [0.1, 0.15) is 15.9 Å². The second-order valence-electron chi connectivity index (χ2n) is 20.9. The Bertz CT molecular complexity index is 1090. The second kappa shape index (κ2) is 53.2. The maximum absolute atomic E-state index is 10.3. The van der Waals surface area contributed by atoms with Gasteiger partial charge in [0.2, 0.25) is 0 Å². The van der Waals surface area contributed by atoms with Crippen molar-refractivity contribution in [2.24, 2.45) is 0 Å². The van der Waals surface area contributed by atoms with E-state index in [0.29, 0.717) is 0 Å². The number of benzene rings is 1. The number of hydrogen-bond donors (Lipinski definition) is 2. The van der Waals surface area contributed by atoms with Crippen LogP contribution >= 0.6 is 0 Å². The maximum atomic E-state index is 10.3. The fraction of sp³-hybridized carbons (Fsp3) is 0.900. The highest BCUT2D eigenvalue weighted by atomic mass is 32.2. The summed E-state index contributed by atoms with van der Waals surface area (Å²) in [7, 11) is -4.44. The SMILES string of the molecule is CCCCCCCCCCCCCCCCCC[NH+](CCCCCCCCCCCCCCCCCC)CCCCCCCCCCCCCCCCCC.O=S(=O)([O-])c1cccc(O)c1. The monoisotopic (exact) mass is 948 g/mol. The minimum absolute atomic E-state index is 0.234. The van der Waals surface area contributed by atoms with Gasteiger partial charge in [-0.2, -0.15) is 0 Å². The van der Waals surface area contributed by atoms with E-state index < -0.39 is 15.0 Å². The molecule has 0 fully saturated rings. The fourth-order valence-electron chi connectivity index (χ4n) is 9.78. The molecule has 1 aromatic rings. The highest BCUT2D eigenvalue weighted by Crippen LogP contribution is 2.18. The van der Waals surface area contributed by atoms with Crippen molar-refractivity contribution in [3.05, 3.63) is 24.3 Å². The molecule has 0 unspecified atom stereocenters. The van der Waals surface area contributed by atoms with E-state index >= 15 is 0 Å². The van der Waals surface area contributed by atoms with Crippen molar-refractivity contribution in [1.82, 2.24) is 0 Å². The predicted molar refractivity (Wildman–Crippen MR) is 290 cm³/mol. The van der Waals surface area contributed by atoms with Gasteiger partial charge in [0.05, 0.1) is 24.5 Å². The number of aromatic hydroxyl groups is 1. The minimum atomic E-state index is -4.44. The first kappa shape index (κ1) is 64.9. The van der Waals surface area contributed by atoms with E-state index in [9.17, 15) is 13.0 Å². The molecular weight excluding hydrogens is 831 g/mol. The van der Waals surface area contributed by atoms with Crippen LogP contribution in [0.5, 0.6) is 5.75 Å². The first-order chi connectivity index (χ1) is 32.3. The van der Waals surface area contributed by atoms with Crippen LogP contribution in [0.2, 0.25) is 0 Å². The normalized spacial score (nSPS) is 11.7. The molecule has 0 aliphatic carbocycles. The Labute approximate surface area is 414 Å². The van der Waals surface area contributed by atoms with Gasteiger partial charge in [0.15, 0.2) is 0 Å². The fourth-order valence-corrected chi connectivity index (χ4v) is 10.3. The van der Waals surface area contributed by atoms with Crippen LogP contribution in [0.1, 0.15) is 329 Å². The van der Waals surface area contributed by atoms with Crippen molar-refractivity contribution in [3.63, 3.8) is 0 Å². The molecule has 392 valence electrons. The van der Waals surface area contributed by atoms with Crippen molar-refractivity contribution < 1.29 is 23.0 Å². The Balaban J connectivity index is 0.00000332. The second-order valence-corrected chi connectivity index (χ2v) is 22.2. The van der Waals surface area contributed by atoms with Gasteiger partial charge in [0, 0.05) is 0 Å². The zero-order chi connectivity index (χ0) is 48.1. The van der Waals surface area contributed by atoms with Crippen molar-refractivity contribution in [2.45, 2.75) is 334 Å². The topological polar surface area (TPSA) is 81.9 Å². The van der Waals surface area contributed by atoms with Crippen LogP contribution in [0.25, 0.3) is 0 Å². The Morgan fingerprint density at radius 1 is 0.348 bits per heavy atom. The third kappa shape index (κ3) is 50.8. The van der Waals surface area contributed by atoms with Crippen molar-refractivity contribution in [1.29, 1.82) is 0 Å². The smallest absolute Gasteiger partial charge is 0.124 e. The Hall–Kier alpha value is -1.11. The van der Waals surface area contributed by atoms with Crippen LogP contribution in [-0.2, 0) is 10.1 Å². The van der Waals surface area contributed by atoms with Gasteiger partial charge in [-0.25, -0.2) is 8.42 Å². The van der Waals surface area contributed by atoms with E-state index in [0.717, 1.165) is 12.1 Å². The van der Waals surface area contributed by atoms with Gasteiger partial charge in [-0.15, -0.1) is 0 Å². The summed E-state index contributed by atoms with van der Waals surface area (Å²) in [4.78, 5) is 1.54. The van der Waals surface area contributed by atoms with Crippen LogP contribution in [0.3, 0.4) is 0 Å². The largest absolute Gasteiger partial charge is 0.744 e. The summed E-state index contributed by atoms with van der Waals surface area (Å²) >= 11 is 0. The third-order valence-corrected chi connectivity index (χ3v) is 15.1. The zero-order valence-electron chi connectivity index (χ0n) is 45.0. The van der Waals surface area contributed by atoms with Gasteiger partial charge < -0.3 is 14.6 Å². The van der Waals surface area contributed by atoms with Gasteiger partial charge in [-0.05, 0) is 56.7 Å². The Morgan fingerprint density at radius 3 is 0.712 bits per heavy atom. The number of unbranched alkanes of at least 4 members (excludes halogenated alkanes) is 45. The Kier molecular flexibility index (Phi) is 52.4. The van der Waals surface area contributed by atoms with Gasteiger partial charge in [-0.3, -0.25) is 0 Å². The first-order valence-electron chi connectivity index (χ1n) is 29.9. The number of nitrogens with one attached hydrogen (secondary N) is 1. The van der Waals surface area contributed by atoms with Crippen LogP contribution in [0.4, 0.5) is 0 Å². The Morgan fingerprint density at radius 2 is 0.545 bits per heavy atom. The maximum Gasteiger partial charge on any atom is 0.124 e. The lowest BCUT2D eigenvalue weighted by atomic mass is 10.0.